The zero-order valence-corrected chi connectivity index (χ0v) is 12.0. The molecule has 110 valence electrons. The smallest absolute Gasteiger partial charge is 0.209 e. The molecule has 0 unspecified atom stereocenters. The molecule has 1 aliphatic rings. The van der Waals surface area contributed by atoms with E-state index in [1.54, 1.807) is 11.9 Å². The minimum atomic E-state index is 0. The summed E-state index contributed by atoms with van der Waals surface area (Å²) in [5.41, 5.74) is 0. The molecule has 1 fully saturated rings. The number of amides is 1. The average molecular weight is 259 g/mol. The Labute approximate surface area is 114 Å². The second kappa shape index (κ2) is 12.8. The standard InChI is InChI=1S/C7H16N2.C6H13NO.CH4/c1-3-9-6-4-8(2)5-7-9;1-3-4-5-7(2)6-8;/h3-7H2,1-2H3;6H,3-5H2,1-2H3;1H4. The lowest BCUT2D eigenvalue weighted by Crippen LogP contribution is -2.44. The van der Waals surface area contributed by atoms with Gasteiger partial charge in [-0.1, -0.05) is 27.7 Å². The van der Waals surface area contributed by atoms with Crippen molar-refractivity contribution in [2.24, 2.45) is 0 Å². The van der Waals surface area contributed by atoms with Gasteiger partial charge >= 0.3 is 0 Å². The van der Waals surface area contributed by atoms with E-state index in [-0.39, 0.29) is 7.43 Å². The maximum atomic E-state index is 9.94. The predicted molar refractivity (Wildman–Crippen MR) is 79.9 cm³/mol. The van der Waals surface area contributed by atoms with Crippen molar-refractivity contribution in [3.8, 4) is 0 Å². The SMILES string of the molecule is C.CCCCN(C)C=O.CCN1CCN(C)CC1. The fourth-order valence-electron chi connectivity index (χ4n) is 1.62. The van der Waals surface area contributed by atoms with Gasteiger partial charge in [0.05, 0.1) is 0 Å². The van der Waals surface area contributed by atoms with Crippen molar-refractivity contribution < 1.29 is 4.79 Å². The molecule has 0 atom stereocenters. The number of piperazine rings is 1. The van der Waals surface area contributed by atoms with Crippen LogP contribution < -0.4 is 0 Å². The molecule has 0 bridgehead atoms. The van der Waals surface area contributed by atoms with Crippen LogP contribution >= 0.6 is 0 Å². The summed E-state index contributed by atoms with van der Waals surface area (Å²) in [6.45, 7) is 11.4. The number of unbranched alkanes of at least 4 members (excludes halogenated alkanes) is 1. The van der Waals surface area contributed by atoms with Gasteiger partial charge in [-0.3, -0.25) is 4.79 Å². The molecule has 0 N–H and O–H groups in total. The van der Waals surface area contributed by atoms with Gasteiger partial charge in [-0.25, -0.2) is 0 Å². The molecule has 0 aromatic rings. The highest BCUT2D eigenvalue weighted by Gasteiger charge is 2.10. The summed E-state index contributed by atoms with van der Waals surface area (Å²) in [6.07, 6.45) is 3.11. The summed E-state index contributed by atoms with van der Waals surface area (Å²) in [6, 6.07) is 0. The average Bonchev–Trinajstić information content (AvgIpc) is 2.37. The van der Waals surface area contributed by atoms with Crippen molar-refractivity contribution in [2.45, 2.75) is 34.1 Å². The summed E-state index contributed by atoms with van der Waals surface area (Å²) in [7, 11) is 3.98. The van der Waals surface area contributed by atoms with Crippen LogP contribution in [0, 0.1) is 0 Å². The highest BCUT2D eigenvalue weighted by atomic mass is 16.1. The highest BCUT2D eigenvalue weighted by molar-refractivity contribution is 5.46. The first-order chi connectivity index (χ1) is 8.13. The molecular formula is C14H33N3O. The normalized spacial score (nSPS) is 16.2. The molecule has 1 heterocycles. The fraction of sp³-hybridized carbons (Fsp3) is 0.929. The molecule has 0 aromatic carbocycles. The van der Waals surface area contributed by atoms with Crippen LogP contribution in [0.5, 0.6) is 0 Å². The molecule has 4 heteroatoms. The third-order valence-electron chi connectivity index (χ3n) is 3.09. The number of hydrogen-bond donors (Lipinski definition) is 0. The van der Waals surface area contributed by atoms with Crippen molar-refractivity contribution in [3.05, 3.63) is 0 Å². The Balaban J connectivity index is 0. The Hall–Kier alpha value is -0.610. The number of hydrogen-bond acceptors (Lipinski definition) is 3. The predicted octanol–water partition coefficient (Wildman–Crippen LogP) is 1.76. The van der Waals surface area contributed by atoms with Crippen LogP contribution in [0.1, 0.15) is 34.1 Å². The third-order valence-corrected chi connectivity index (χ3v) is 3.09. The highest BCUT2D eigenvalue weighted by Crippen LogP contribution is 1.96. The molecular weight excluding hydrogens is 226 g/mol. The van der Waals surface area contributed by atoms with Crippen LogP contribution in [0.3, 0.4) is 0 Å². The first-order valence-corrected chi connectivity index (χ1v) is 6.70. The van der Waals surface area contributed by atoms with Crippen LogP contribution in [-0.4, -0.2) is 74.5 Å². The van der Waals surface area contributed by atoms with Crippen molar-refractivity contribution in [1.82, 2.24) is 14.7 Å². The van der Waals surface area contributed by atoms with Gasteiger partial charge in [-0.2, -0.15) is 0 Å². The minimum Gasteiger partial charge on any atom is -0.348 e. The fourth-order valence-corrected chi connectivity index (χ4v) is 1.62. The van der Waals surface area contributed by atoms with Crippen molar-refractivity contribution in [1.29, 1.82) is 0 Å². The van der Waals surface area contributed by atoms with E-state index >= 15 is 0 Å². The van der Waals surface area contributed by atoms with Gasteiger partial charge in [0.2, 0.25) is 6.41 Å². The maximum absolute atomic E-state index is 9.94. The van der Waals surface area contributed by atoms with E-state index in [0.29, 0.717) is 0 Å². The molecule has 0 radical (unpaired) electrons. The number of carbonyl (C=O) groups excluding carboxylic acids is 1. The number of likely N-dealkylation sites (N-methyl/N-ethyl adjacent to an activating group) is 2. The summed E-state index contributed by atoms with van der Waals surface area (Å²) in [5, 5.41) is 0. The number of rotatable bonds is 5. The topological polar surface area (TPSA) is 26.8 Å². The first-order valence-electron chi connectivity index (χ1n) is 6.70. The molecule has 1 amide bonds. The van der Waals surface area contributed by atoms with Gasteiger partial charge in [0.25, 0.3) is 0 Å². The van der Waals surface area contributed by atoms with Gasteiger partial charge < -0.3 is 14.7 Å². The van der Waals surface area contributed by atoms with Gasteiger partial charge in [0.15, 0.2) is 0 Å². The van der Waals surface area contributed by atoms with Crippen LogP contribution in [0.15, 0.2) is 0 Å². The lowest BCUT2D eigenvalue weighted by molar-refractivity contribution is -0.117. The maximum Gasteiger partial charge on any atom is 0.209 e. The van der Waals surface area contributed by atoms with Crippen molar-refractivity contribution in [3.63, 3.8) is 0 Å². The largest absolute Gasteiger partial charge is 0.348 e. The molecule has 18 heavy (non-hydrogen) atoms. The molecule has 1 saturated heterocycles. The molecule has 1 rings (SSSR count). The Morgan fingerprint density at radius 1 is 1.17 bits per heavy atom. The summed E-state index contributed by atoms with van der Waals surface area (Å²) in [4.78, 5) is 16.5. The zero-order valence-electron chi connectivity index (χ0n) is 12.0. The van der Waals surface area contributed by atoms with Crippen LogP contribution in [-0.2, 0) is 4.79 Å². The second-order valence-electron chi connectivity index (χ2n) is 4.68. The van der Waals surface area contributed by atoms with E-state index < -0.39 is 0 Å². The van der Waals surface area contributed by atoms with Crippen molar-refractivity contribution >= 4 is 6.41 Å². The van der Waals surface area contributed by atoms with E-state index in [1.165, 1.54) is 32.7 Å². The van der Waals surface area contributed by atoms with Gasteiger partial charge in [-0.15, -0.1) is 0 Å². The van der Waals surface area contributed by atoms with E-state index in [9.17, 15) is 4.79 Å². The quantitative estimate of drug-likeness (QED) is 0.704. The number of carbonyl (C=O) groups is 1. The Bertz CT molecular complexity index is 180. The lowest BCUT2D eigenvalue weighted by atomic mass is 10.3. The molecule has 0 spiro atoms. The summed E-state index contributed by atoms with van der Waals surface area (Å²) < 4.78 is 0. The number of nitrogens with zero attached hydrogens (tertiary/aromatic N) is 3. The Kier molecular flexibility index (Phi) is 14.1. The monoisotopic (exact) mass is 259 g/mol. The summed E-state index contributed by atoms with van der Waals surface area (Å²) in [5.74, 6) is 0. The van der Waals surface area contributed by atoms with Gasteiger partial charge in [-0.05, 0) is 20.0 Å². The molecule has 0 aliphatic carbocycles. The molecule has 0 saturated carbocycles. The van der Waals surface area contributed by atoms with E-state index in [2.05, 4.69) is 30.7 Å². The minimum absolute atomic E-state index is 0. The lowest BCUT2D eigenvalue weighted by Gasteiger charge is -2.31. The van der Waals surface area contributed by atoms with Crippen LogP contribution in [0.2, 0.25) is 0 Å². The molecule has 0 aromatic heterocycles. The molecule has 1 aliphatic heterocycles. The Morgan fingerprint density at radius 3 is 2.11 bits per heavy atom. The van der Waals surface area contributed by atoms with Gasteiger partial charge in [0.1, 0.15) is 0 Å². The van der Waals surface area contributed by atoms with Crippen molar-refractivity contribution in [2.75, 3.05) is 53.4 Å². The van der Waals surface area contributed by atoms with Crippen LogP contribution in [0.4, 0.5) is 0 Å². The van der Waals surface area contributed by atoms with E-state index in [4.69, 9.17) is 0 Å². The summed E-state index contributed by atoms with van der Waals surface area (Å²) >= 11 is 0. The first kappa shape index (κ1) is 19.7. The second-order valence-corrected chi connectivity index (χ2v) is 4.68. The van der Waals surface area contributed by atoms with Crippen LogP contribution in [0.25, 0.3) is 0 Å². The third kappa shape index (κ3) is 10.5. The van der Waals surface area contributed by atoms with E-state index in [1.807, 2.05) is 0 Å². The van der Waals surface area contributed by atoms with Gasteiger partial charge in [0, 0.05) is 39.8 Å². The molecule has 4 nitrogen and oxygen atoms in total. The Morgan fingerprint density at radius 2 is 1.72 bits per heavy atom. The zero-order chi connectivity index (χ0) is 13.1. The van der Waals surface area contributed by atoms with E-state index in [0.717, 1.165) is 25.8 Å².